The number of hydrogen-bond acceptors (Lipinski definition) is 3. The Balaban J connectivity index is 1.96. The molecule has 2 rings (SSSR count). The maximum absolute atomic E-state index is 11.8. The zero-order valence-corrected chi connectivity index (χ0v) is 11.3. The Kier molecular flexibility index (Phi) is 4.17. The van der Waals surface area contributed by atoms with Gasteiger partial charge in [-0.3, -0.25) is 14.5 Å². The molecule has 0 aromatic heterocycles. The van der Waals surface area contributed by atoms with Crippen molar-refractivity contribution >= 4 is 17.8 Å². The molecule has 0 bridgehead atoms. The Bertz CT molecular complexity index is 517. The minimum atomic E-state index is -0.966. The number of carbonyl (C=O) groups is 3. The first kappa shape index (κ1) is 14.2. The molecule has 20 heavy (non-hydrogen) atoms. The first-order valence-corrected chi connectivity index (χ1v) is 6.63. The standard InChI is InChI=1S/C15H17NO4/c1-10-8-13(17)16(14(18)9-10)7-6-11-2-4-12(5-3-11)15(19)20/h2-5,10H,6-9H2,1H3,(H,19,20). The van der Waals surface area contributed by atoms with E-state index in [1.54, 1.807) is 12.1 Å². The number of imide groups is 1. The molecule has 106 valence electrons. The van der Waals surface area contributed by atoms with Gasteiger partial charge in [0.15, 0.2) is 0 Å². The third kappa shape index (κ3) is 3.23. The molecule has 1 aromatic rings. The highest BCUT2D eigenvalue weighted by Crippen LogP contribution is 2.19. The van der Waals surface area contributed by atoms with E-state index >= 15 is 0 Å². The number of carboxylic acid groups (broad SMARTS) is 1. The Hall–Kier alpha value is -2.17. The Morgan fingerprint density at radius 1 is 1.20 bits per heavy atom. The van der Waals surface area contributed by atoms with Gasteiger partial charge in [0, 0.05) is 19.4 Å². The minimum Gasteiger partial charge on any atom is -0.478 e. The summed E-state index contributed by atoms with van der Waals surface area (Å²) >= 11 is 0. The van der Waals surface area contributed by atoms with Crippen molar-refractivity contribution in [3.05, 3.63) is 35.4 Å². The topological polar surface area (TPSA) is 74.7 Å². The SMILES string of the molecule is CC1CC(=O)N(CCc2ccc(C(=O)O)cc2)C(=O)C1. The van der Waals surface area contributed by atoms with Crippen LogP contribution >= 0.6 is 0 Å². The van der Waals surface area contributed by atoms with E-state index in [-0.39, 0.29) is 23.3 Å². The maximum atomic E-state index is 11.8. The van der Waals surface area contributed by atoms with Crippen molar-refractivity contribution in [2.24, 2.45) is 5.92 Å². The monoisotopic (exact) mass is 275 g/mol. The van der Waals surface area contributed by atoms with Gasteiger partial charge in [0.1, 0.15) is 0 Å². The van der Waals surface area contributed by atoms with Crippen LogP contribution in [-0.4, -0.2) is 34.3 Å². The summed E-state index contributed by atoms with van der Waals surface area (Å²) in [4.78, 5) is 35.7. The number of piperidine rings is 1. The van der Waals surface area contributed by atoms with Gasteiger partial charge in [-0.05, 0) is 30.0 Å². The molecule has 0 atom stereocenters. The first-order valence-electron chi connectivity index (χ1n) is 6.63. The van der Waals surface area contributed by atoms with Crippen LogP contribution in [0.25, 0.3) is 0 Å². The van der Waals surface area contributed by atoms with Gasteiger partial charge in [0.25, 0.3) is 0 Å². The van der Waals surface area contributed by atoms with Gasteiger partial charge in [-0.2, -0.15) is 0 Å². The average Bonchev–Trinajstić information content (AvgIpc) is 2.38. The molecule has 2 amide bonds. The van der Waals surface area contributed by atoms with Gasteiger partial charge in [-0.15, -0.1) is 0 Å². The van der Waals surface area contributed by atoms with Crippen molar-refractivity contribution < 1.29 is 19.5 Å². The van der Waals surface area contributed by atoms with Crippen LogP contribution < -0.4 is 0 Å². The lowest BCUT2D eigenvalue weighted by atomic mass is 9.97. The molecule has 5 nitrogen and oxygen atoms in total. The second-order valence-electron chi connectivity index (χ2n) is 5.20. The minimum absolute atomic E-state index is 0.115. The van der Waals surface area contributed by atoms with Gasteiger partial charge >= 0.3 is 5.97 Å². The quantitative estimate of drug-likeness (QED) is 0.849. The van der Waals surface area contributed by atoms with Crippen LogP contribution in [0.2, 0.25) is 0 Å². The molecule has 1 heterocycles. The lowest BCUT2D eigenvalue weighted by molar-refractivity contribution is -0.149. The second-order valence-corrected chi connectivity index (χ2v) is 5.20. The van der Waals surface area contributed by atoms with Crippen molar-refractivity contribution in [2.75, 3.05) is 6.54 Å². The smallest absolute Gasteiger partial charge is 0.335 e. The third-order valence-electron chi connectivity index (χ3n) is 3.47. The summed E-state index contributed by atoms with van der Waals surface area (Å²) in [6.07, 6.45) is 1.39. The largest absolute Gasteiger partial charge is 0.478 e. The molecule has 1 N–H and O–H groups in total. The maximum Gasteiger partial charge on any atom is 0.335 e. The summed E-state index contributed by atoms with van der Waals surface area (Å²) in [5.41, 5.74) is 1.14. The highest BCUT2D eigenvalue weighted by molar-refractivity contribution is 5.97. The molecule has 5 heteroatoms. The Morgan fingerprint density at radius 2 is 1.75 bits per heavy atom. The normalized spacial score (nSPS) is 16.6. The van der Waals surface area contributed by atoms with E-state index in [4.69, 9.17) is 5.11 Å². The molecule has 0 radical (unpaired) electrons. The highest BCUT2D eigenvalue weighted by atomic mass is 16.4. The van der Waals surface area contributed by atoms with E-state index in [1.807, 2.05) is 6.92 Å². The summed E-state index contributed by atoms with van der Waals surface area (Å²) in [7, 11) is 0. The van der Waals surface area contributed by atoms with Gasteiger partial charge in [-0.1, -0.05) is 19.1 Å². The lowest BCUT2D eigenvalue weighted by Gasteiger charge is -2.28. The molecule has 1 fully saturated rings. The number of benzene rings is 1. The van der Waals surface area contributed by atoms with E-state index in [9.17, 15) is 14.4 Å². The molecule has 0 aliphatic carbocycles. The molecule has 1 aliphatic rings. The van der Waals surface area contributed by atoms with Crippen LogP contribution in [0.1, 0.15) is 35.7 Å². The van der Waals surface area contributed by atoms with E-state index in [0.717, 1.165) is 5.56 Å². The molecule has 1 saturated heterocycles. The molecule has 0 spiro atoms. The molecular formula is C15H17NO4. The van der Waals surface area contributed by atoms with Gasteiger partial charge in [-0.25, -0.2) is 4.79 Å². The van der Waals surface area contributed by atoms with Crippen LogP contribution in [0.4, 0.5) is 0 Å². The molecule has 0 saturated carbocycles. The number of likely N-dealkylation sites (tertiary alicyclic amines) is 1. The van der Waals surface area contributed by atoms with Gasteiger partial charge < -0.3 is 5.11 Å². The van der Waals surface area contributed by atoms with Gasteiger partial charge in [0.05, 0.1) is 5.56 Å². The van der Waals surface area contributed by atoms with E-state index < -0.39 is 5.97 Å². The predicted molar refractivity (Wildman–Crippen MR) is 72.2 cm³/mol. The fourth-order valence-electron chi connectivity index (χ4n) is 2.33. The summed E-state index contributed by atoms with van der Waals surface area (Å²) < 4.78 is 0. The summed E-state index contributed by atoms with van der Waals surface area (Å²) in [5.74, 6) is -1.07. The van der Waals surface area contributed by atoms with Crippen LogP contribution in [0, 0.1) is 5.92 Å². The molecule has 1 aromatic carbocycles. The Morgan fingerprint density at radius 3 is 2.25 bits per heavy atom. The fourth-order valence-corrected chi connectivity index (χ4v) is 2.33. The van der Waals surface area contributed by atoms with Crippen LogP contribution in [0.3, 0.4) is 0 Å². The second kappa shape index (κ2) is 5.86. The Labute approximate surface area is 117 Å². The van der Waals surface area contributed by atoms with Crippen molar-refractivity contribution in [1.82, 2.24) is 4.90 Å². The van der Waals surface area contributed by atoms with E-state index in [1.165, 1.54) is 17.0 Å². The molecular weight excluding hydrogens is 258 g/mol. The number of carboxylic acids is 1. The number of aromatic carboxylic acids is 1. The molecule has 1 aliphatic heterocycles. The number of hydrogen-bond donors (Lipinski definition) is 1. The summed E-state index contributed by atoms with van der Waals surface area (Å²) in [6, 6.07) is 6.48. The summed E-state index contributed by atoms with van der Waals surface area (Å²) in [6.45, 7) is 2.26. The van der Waals surface area contributed by atoms with Crippen molar-refractivity contribution in [3.63, 3.8) is 0 Å². The molecule has 0 unspecified atom stereocenters. The number of amides is 2. The number of rotatable bonds is 4. The zero-order chi connectivity index (χ0) is 14.7. The van der Waals surface area contributed by atoms with Crippen LogP contribution in [0.5, 0.6) is 0 Å². The van der Waals surface area contributed by atoms with Gasteiger partial charge in [0.2, 0.25) is 11.8 Å². The van der Waals surface area contributed by atoms with Crippen molar-refractivity contribution in [3.8, 4) is 0 Å². The fraction of sp³-hybridized carbons (Fsp3) is 0.400. The highest BCUT2D eigenvalue weighted by Gasteiger charge is 2.29. The number of nitrogens with zero attached hydrogens (tertiary/aromatic N) is 1. The van der Waals surface area contributed by atoms with Crippen molar-refractivity contribution in [2.45, 2.75) is 26.2 Å². The lowest BCUT2D eigenvalue weighted by Crippen LogP contribution is -2.43. The average molecular weight is 275 g/mol. The van der Waals surface area contributed by atoms with Crippen LogP contribution in [0.15, 0.2) is 24.3 Å². The third-order valence-corrected chi connectivity index (χ3v) is 3.47. The zero-order valence-electron chi connectivity index (χ0n) is 11.3. The predicted octanol–water partition coefficient (Wildman–Crippen LogP) is 1.71. The van der Waals surface area contributed by atoms with Crippen LogP contribution in [-0.2, 0) is 16.0 Å². The van der Waals surface area contributed by atoms with Crippen molar-refractivity contribution in [1.29, 1.82) is 0 Å². The first-order chi connectivity index (χ1) is 9.47. The number of carbonyl (C=O) groups excluding carboxylic acids is 2. The summed E-state index contributed by atoms with van der Waals surface area (Å²) in [5, 5.41) is 8.81. The van der Waals surface area contributed by atoms with E-state index in [0.29, 0.717) is 25.8 Å². The van der Waals surface area contributed by atoms with E-state index in [2.05, 4.69) is 0 Å².